The number of anilines is 3. The predicted octanol–water partition coefficient (Wildman–Crippen LogP) is 4.74. The number of carbonyl (C=O) groups is 1. The number of carbonyl (C=O) groups excluding carboxylic acids is 1. The third kappa shape index (κ3) is 4.72. The zero-order valence-corrected chi connectivity index (χ0v) is 21.5. The average Bonchev–Trinajstić information content (AvgIpc) is 3.29. The number of benzene rings is 2. The molecule has 186 valence electrons. The molecule has 0 bridgehead atoms. The van der Waals surface area contributed by atoms with Crippen LogP contribution < -0.4 is 20.7 Å². The van der Waals surface area contributed by atoms with Gasteiger partial charge in [0.05, 0.1) is 29.2 Å². The molecule has 4 aromatic rings. The maximum Gasteiger partial charge on any atom is 0.259 e. The molecule has 0 atom stereocenters. The molecule has 0 spiro atoms. The first-order chi connectivity index (χ1) is 17.4. The van der Waals surface area contributed by atoms with Gasteiger partial charge in [0, 0.05) is 49.5 Å². The SMILES string of the molecule is COc1cc(N2CCN(C(C)C)CC2)ccc1Nc1ncc2sc(C(N)=O)c(-c3ccccc3)c2n1. The van der Waals surface area contributed by atoms with Crippen LogP contribution >= 0.6 is 11.3 Å². The molecule has 2 aromatic carbocycles. The van der Waals surface area contributed by atoms with Gasteiger partial charge in [-0.2, -0.15) is 0 Å². The highest BCUT2D eigenvalue weighted by molar-refractivity contribution is 7.21. The summed E-state index contributed by atoms with van der Waals surface area (Å²) in [4.78, 5) is 26.8. The molecule has 0 aliphatic carbocycles. The first-order valence-electron chi connectivity index (χ1n) is 12.0. The number of thiophene rings is 1. The van der Waals surface area contributed by atoms with Crippen LogP contribution in [0.5, 0.6) is 5.75 Å². The van der Waals surface area contributed by atoms with Crippen molar-refractivity contribution in [2.75, 3.05) is 43.5 Å². The predicted molar refractivity (Wildman–Crippen MR) is 147 cm³/mol. The van der Waals surface area contributed by atoms with Crippen molar-refractivity contribution in [3.8, 4) is 16.9 Å². The minimum atomic E-state index is -0.474. The Bertz CT molecular complexity index is 1380. The van der Waals surface area contributed by atoms with Gasteiger partial charge in [-0.15, -0.1) is 11.3 Å². The van der Waals surface area contributed by atoms with Crippen LogP contribution in [0.2, 0.25) is 0 Å². The second kappa shape index (κ2) is 10.1. The highest BCUT2D eigenvalue weighted by Crippen LogP contribution is 2.38. The molecule has 0 saturated carbocycles. The zero-order chi connectivity index (χ0) is 25.2. The number of amides is 1. The number of nitrogens with one attached hydrogen (secondary N) is 1. The van der Waals surface area contributed by atoms with E-state index in [2.05, 4.69) is 46.1 Å². The molecule has 1 aliphatic heterocycles. The van der Waals surface area contributed by atoms with Crippen molar-refractivity contribution >= 4 is 44.8 Å². The molecule has 0 unspecified atom stereocenters. The van der Waals surface area contributed by atoms with E-state index in [1.54, 1.807) is 13.3 Å². The monoisotopic (exact) mass is 502 g/mol. The van der Waals surface area contributed by atoms with Crippen molar-refractivity contribution in [1.82, 2.24) is 14.9 Å². The van der Waals surface area contributed by atoms with Crippen LogP contribution in [0.1, 0.15) is 23.5 Å². The smallest absolute Gasteiger partial charge is 0.259 e. The molecule has 8 nitrogen and oxygen atoms in total. The summed E-state index contributed by atoms with van der Waals surface area (Å²) in [5.41, 5.74) is 9.92. The summed E-state index contributed by atoms with van der Waals surface area (Å²) >= 11 is 1.31. The first kappa shape index (κ1) is 24.0. The number of primary amides is 1. The van der Waals surface area contributed by atoms with Gasteiger partial charge in [0.2, 0.25) is 5.95 Å². The van der Waals surface area contributed by atoms with Crippen LogP contribution in [-0.4, -0.2) is 60.1 Å². The molecule has 0 radical (unpaired) electrons. The molecule has 1 fully saturated rings. The Morgan fingerprint density at radius 1 is 1.11 bits per heavy atom. The maximum absolute atomic E-state index is 12.2. The number of ether oxygens (including phenoxy) is 1. The quantitative estimate of drug-likeness (QED) is 0.377. The van der Waals surface area contributed by atoms with Crippen molar-refractivity contribution in [3.63, 3.8) is 0 Å². The minimum absolute atomic E-state index is 0.421. The summed E-state index contributed by atoms with van der Waals surface area (Å²) in [6, 6.07) is 16.4. The van der Waals surface area contributed by atoms with E-state index in [0.717, 1.165) is 53.4 Å². The number of hydrogen-bond acceptors (Lipinski definition) is 8. The molecule has 36 heavy (non-hydrogen) atoms. The zero-order valence-electron chi connectivity index (χ0n) is 20.7. The Kier molecular flexibility index (Phi) is 6.75. The molecular formula is C27H30N6O2S. The Morgan fingerprint density at radius 3 is 2.53 bits per heavy atom. The third-order valence-corrected chi connectivity index (χ3v) is 7.69. The third-order valence-electron chi connectivity index (χ3n) is 6.56. The van der Waals surface area contributed by atoms with E-state index >= 15 is 0 Å². The summed E-state index contributed by atoms with van der Waals surface area (Å²) in [7, 11) is 1.66. The molecule has 1 amide bonds. The summed E-state index contributed by atoms with van der Waals surface area (Å²) in [5, 5.41) is 3.30. The highest BCUT2D eigenvalue weighted by Gasteiger charge is 2.22. The standard InChI is InChI=1S/C27H30N6O2S/c1-17(2)32-11-13-33(14-12-32)19-9-10-20(21(15-19)35-3)30-27-29-16-22-24(31-27)23(25(36-22)26(28)34)18-7-5-4-6-8-18/h4-10,15-17H,11-14H2,1-3H3,(H2,28,34)(H,29,30,31). The number of nitrogens with zero attached hydrogens (tertiary/aromatic N) is 4. The fraction of sp³-hybridized carbons (Fsp3) is 0.296. The molecule has 9 heteroatoms. The Hall–Kier alpha value is -3.69. The van der Waals surface area contributed by atoms with E-state index in [4.69, 9.17) is 15.5 Å². The van der Waals surface area contributed by atoms with Crippen molar-refractivity contribution in [1.29, 1.82) is 0 Å². The van der Waals surface area contributed by atoms with Gasteiger partial charge in [-0.25, -0.2) is 9.97 Å². The van der Waals surface area contributed by atoms with E-state index < -0.39 is 5.91 Å². The van der Waals surface area contributed by atoms with Crippen LogP contribution in [0.4, 0.5) is 17.3 Å². The van der Waals surface area contributed by atoms with Gasteiger partial charge < -0.3 is 20.7 Å². The molecule has 1 aliphatic rings. The Morgan fingerprint density at radius 2 is 1.86 bits per heavy atom. The second-order valence-corrected chi connectivity index (χ2v) is 10.1. The average molecular weight is 503 g/mol. The number of aromatic nitrogens is 2. The van der Waals surface area contributed by atoms with Crippen molar-refractivity contribution < 1.29 is 9.53 Å². The molecule has 3 heterocycles. The van der Waals surface area contributed by atoms with Gasteiger partial charge in [0.25, 0.3) is 5.91 Å². The van der Waals surface area contributed by atoms with Crippen LogP contribution in [0.15, 0.2) is 54.7 Å². The molecule has 2 aromatic heterocycles. The van der Waals surface area contributed by atoms with Gasteiger partial charge in [-0.3, -0.25) is 9.69 Å². The lowest BCUT2D eigenvalue weighted by Gasteiger charge is -2.38. The van der Waals surface area contributed by atoms with E-state index in [0.29, 0.717) is 28.1 Å². The lowest BCUT2D eigenvalue weighted by Crippen LogP contribution is -2.48. The van der Waals surface area contributed by atoms with E-state index in [9.17, 15) is 4.79 Å². The lowest BCUT2D eigenvalue weighted by atomic mass is 10.1. The fourth-order valence-electron chi connectivity index (χ4n) is 4.60. The molecule has 3 N–H and O–H groups in total. The van der Waals surface area contributed by atoms with Crippen LogP contribution in [0.25, 0.3) is 21.3 Å². The van der Waals surface area contributed by atoms with Gasteiger partial charge in [0.1, 0.15) is 10.6 Å². The first-order valence-corrected chi connectivity index (χ1v) is 12.8. The van der Waals surface area contributed by atoms with Crippen molar-refractivity contribution in [2.24, 2.45) is 5.73 Å². The number of fused-ring (bicyclic) bond motifs is 1. The van der Waals surface area contributed by atoms with E-state index in [1.165, 1.54) is 11.3 Å². The molecule has 5 rings (SSSR count). The Balaban J connectivity index is 1.44. The second-order valence-electron chi connectivity index (χ2n) is 9.07. The highest BCUT2D eigenvalue weighted by atomic mass is 32.1. The number of hydrogen-bond donors (Lipinski definition) is 2. The summed E-state index contributed by atoms with van der Waals surface area (Å²) in [6.45, 7) is 8.54. The normalized spacial score (nSPS) is 14.4. The summed E-state index contributed by atoms with van der Waals surface area (Å²) in [6.07, 6.45) is 1.73. The topological polar surface area (TPSA) is 96.6 Å². The minimum Gasteiger partial charge on any atom is -0.494 e. The van der Waals surface area contributed by atoms with Crippen molar-refractivity contribution in [2.45, 2.75) is 19.9 Å². The summed E-state index contributed by atoms with van der Waals surface area (Å²) < 4.78 is 6.51. The van der Waals surface area contributed by atoms with Crippen LogP contribution in [0, 0.1) is 0 Å². The number of nitrogens with two attached hydrogens (primary N) is 1. The van der Waals surface area contributed by atoms with Crippen LogP contribution in [0.3, 0.4) is 0 Å². The molecule has 1 saturated heterocycles. The number of methoxy groups -OCH3 is 1. The maximum atomic E-state index is 12.2. The van der Waals surface area contributed by atoms with Gasteiger partial charge in [0.15, 0.2) is 0 Å². The van der Waals surface area contributed by atoms with Gasteiger partial charge in [-0.05, 0) is 31.5 Å². The van der Waals surface area contributed by atoms with Crippen molar-refractivity contribution in [3.05, 3.63) is 59.6 Å². The van der Waals surface area contributed by atoms with Crippen LogP contribution in [-0.2, 0) is 0 Å². The number of piperazine rings is 1. The summed E-state index contributed by atoms with van der Waals surface area (Å²) in [5.74, 6) is 0.664. The van der Waals surface area contributed by atoms with Gasteiger partial charge in [-0.1, -0.05) is 30.3 Å². The largest absolute Gasteiger partial charge is 0.494 e. The van der Waals surface area contributed by atoms with E-state index in [1.807, 2.05) is 36.4 Å². The number of rotatable bonds is 7. The fourth-order valence-corrected chi connectivity index (χ4v) is 5.58. The van der Waals surface area contributed by atoms with Gasteiger partial charge >= 0.3 is 0 Å². The Labute approximate surface area is 214 Å². The van der Waals surface area contributed by atoms with E-state index in [-0.39, 0.29) is 0 Å². The molecular weight excluding hydrogens is 472 g/mol. The lowest BCUT2D eigenvalue weighted by molar-refractivity contribution is 0.100.